The van der Waals surface area contributed by atoms with Crippen molar-refractivity contribution in [1.82, 2.24) is 29.7 Å². The Morgan fingerprint density at radius 1 is 1.14 bits per heavy atom. The fourth-order valence-electron chi connectivity index (χ4n) is 5.16. The largest absolute Gasteiger partial charge is 0.387 e. The molecule has 3 N–H and O–H groups in total. The monoisotopic (exact) mass is 580 g/mol. The van der Waals surface area contributed by atoms with Gasteiger partial charge in [0.25, 0.3) is 12.3 Å². The number of nitriles is 1. The number of hydrogen-bond acceptors (Lipinski definition) is 7. The van der Waals surface area contributed by atoms with Gasteiger partial charge in [-0.05, 0) is 69.9 Å². The van der Waals surface area contributed by atoms with E-state index >= 15 is 0 Å². The Hall–Kier alpha value is -4.44. The van der Waals surface area contributed by atoms with Crippen LogP contribution in [0.3, 0.4) is 0 Å². The molecule has 42 heavy (non-hydrogen) atoms. The summed E-state index contributed by atoms with van der Waals surface area (Å²) in [6.07, 6.45) is 2.46. The number of aromatic nitrogens is 5. The molecule has 1 saturated carbocycles. The third-order valence-corrected chi connectivity index (χ3v) is 7.58. The van der Waals surface area contributed by atoms with Crippen molar-refractivity contribution in [2.24, 2.45) is 0 Å². The summed E-state index contributed by atoms with van der Waals surface area (Å²) in [5, 5.41) is 33.5. The number of nitrogens with one attached hydrogen (secondary N) is 2. The van der Waals surface area contributed by atoms with Gasteiger partial charge >= 0.3 is 0 Å². The standard InChI is InChI=1S/C29H31F3N8O2/c1-29(2,42)26(30)16-35-28(41)21-15-34-23(24-8-7-20-11-17(13-33)14-37-40(20)24)12-22(21)38-18-3-5-19(6-4-18)39-25(27(31)32)9-10-36-39/h7-12,14-15,18-19,26-27,42H,3-6,16H2,1-2H3,(H,34,38)(H,35,41). The Morgan fingerprint density at radius 3 is 2.60 bits per heavy atom. The first-order chi connectivity index (χ1) is 20.0. The van der Waals surface area contributed by atoms with Crippen LogP contribution in [0, 0.1) is 11.3 Å². The SMILES string of the molecule is CC(C)(O)C(F)CNC(=O)c1cnc(-c2ccc3cc(C#N)cnn23)cc1NC1CCC(n2nccc2C(F)F)CC1. The van der Waals surface area contributed by atoms with Crippen LogP contribution in [0.15, 0.2) is 48.9 Å². The maximum Gasteiger partial charge on any atom is 0.280 e. The predicted octanol–water partition coefficient (Wildman–Crippen LogP) is 4.84. The van der Waals surface area contributed by atoms with Gasteiger partial charge in [0, 0.05) is 18.4 Å². The van der Waals surface area contributed by atoms with Gasteiger partial charge in [0.1, 0.15) is 17.9 Å². The summed E-state index contributed by atoms with van der Waals surface area (Å²) in [7, 11) is 0. The van der Waals surface area contributed by atoms with Crippen molar-refractivity contribution in [3.05, 3.63) is 65.7 Å². The third-order valence-electron chi connectivity index (χ3n) is 7.58. The summed E-state index contributed by atoms with van der Waals surface area (Å²) in [5.41, 5.74) is 1.20. The predicted molar refractivity (Wildman–Crippen MR) is 149 cm³/mol. The van der Waals surface area contributed by atoms with Gasteiger partial charge in [0.2, 0.25) is 0 Å². The van der Waals surface area contributed by atoms with Gasteiger partial charge in [-0.15, -0.1) is 0 Å². The van der Waals surface area contributed by atoms with E-state index in [2.05, 4.69) is 31.9 Å². The molecule has 5 rings (SSSR count). The number of alkyl halides is 3. The van der Waals surface area contributed by atoms with Crippen LogP contribution in [0.2, 0.25) is 0 Å². The molecule has 0 aromatic carbocycles. The first-order valence-electron chi connectivity index (χ1n) is 13.7. The Labute approximate surface area is 240 Å². The Bertz CT molecular complexity index is 1610. The average molecular weight is 581 g/mol. The number of nitrogens with zero attached hydrogens (tertiary/aromatic N) is 6. The normalized spacial score (nSPS) is 18.1. The van der Waals surface area contributed by atoms with Crippen molar-refractivity contribution in [1.29, 1.82) is 5.26 Å². The minimum Gasteiger partial charge on any atom is -0.387 e. The van der Waals surface area contributed by atoms with E-state index in [-0.39, 0.29) is 29.9 Å². The van der Waals surface area contributed by atoms with Crippen molar-refractivity contribution >= 4 is 17.1 Å². The highest BCUT2D eigenvalue weighted by atomic mass is 19.3. The smallest absolute Gasteiger partial charge is 0.280 e. The molecule has 220 valence electrons. The van der Waals surface area contributed by atoms with Crippen molar-refractivity contribution in [2.45, 2.75) is 69.8 Å². The molecule has 4 aromatic heterocycles. The maximum atomic E-state index is 14.4. The van der Waals surface area contributed by atoms with Crippen LogP contribution in [-0.4, -0.2) is 59.8 Å². The van der Waals surface area contributed by atoms with Gasteiger partial charge < -0.3 is 15.7 Å². The summed E-state index contributed by atoms with van der Waals surface area (Å²) < 4.78 is 44.2. The number of anilines is 1. The van der Waals surface area contributed by atoms with E-state index in [0.717, 1.165) is 0 Å². The topological polar surface area (TPSA) is 133 Å². The van der Waals surface area contributed by atoms with Crippen LogP contribution in [0.5, 0.6) is 0 Å². The number of fused-ring (bicyclic) bond motifs is 1. The quantitative estimate of drug-likeness (QED) is 0.258. The Kier molecular flexibility index (Phi) is 8.17. The maximum absolute atomic E-state index is 14.4. The van der Waals surface area contributed by atoms with E-state index in [1.54, 1.807) is 22.7 Å². The molecule has 1 amide bonds. The lowest BCUT2D eigenvalue weighted by atomic mass is 9.90. The van der Waals surface area contributed by atoms with Gasteiger partial charge in [-0.2, -0.15) is 15.5 Å². The summed E-state index contributed by atoms with van der Waals surface area (Å²) in [6.45, 7) is 2.26. The van der Waals surface area contributed by atoms with E-state index in [9.17, 15) is 28.3 Å². The van der Waals surface area contributed by atoms with Crippen LogP contribution in [0.25, 0.3) is 16.9 Å². The summed E-state index contributed by atoms with van der Waals surface area (Å²) in [4.78, 5) is 17.6. The van der Waals surface area contributed by atoms with Crippen molar-refractivity contribution in [3.8, 4) is 17.5 Å². The number of carbonyl (C=O) groups excluding carboxylic acids is 1. The number of aliphatic hydroxyl groups is 1. The van der Waals surface area contributed by atoms with Crippen LogP contribution in [-0.2, 0) is 0 Å². The Morgan fingerprint density at radius 2 is 1.90 bits per heavy atom. The molecular weight excluding hydrogens is 549 g/mol. The fraction of sp³-hybridized carbons (Fsp3) is 0.414. The second-order valence-corrected chi connectivity index (χ2v) is 11.0. The second-order valence-electron chi connectivity index (χ2n) is 11.0. The lowest BCUT2D eigenvalue weighted by Gasteiger charge is -2.31. The van der Waals surface area contributed by atoms with E-state index in [4.69, 9.17) is 0 Å². The average Bonchev–Trinajstić information content (AvgIpc) is 3.63. The van der Waals surface area contributed by atoms with E-state index in [1.807, 2.05) is 6.07 Å². The van der Waals surface area contributed by atoms with Gasteiger partial charge in [-0.25, -0.2) is 17.7 Å². The van der Waals surface area contributed by atoms with Gasteiger partial charge in [-0.3, -0.25) is 14.5 Å². The Balaban J connectivity index is 1.40. The molecular formula is C29H31F3N8O2. The van der Waals surface area contributed by atoms with Gasteiger partial charge in [0.05, 0.1) is 58.1 Å². The van der Waals surface area contributed by atoms with Crippen molar-refractivity contribution < 1.29 is 23.1 Å². The van der Waals surface area contributed by atoms with Crippen LogP contribution in [0.1, 0.15) is 73.6 Å². The number of pyridine rings is 1. The minimum atomic E-state index is -2.61. The molecule has 10 nitrogen and oxygen atoms in total. The molecule has 1 atom stereocenters. The number of carbonyl (C=O) groups is 1. The molecule has 1 unspecified atom stereocenters. The number of halogens is 3. The number of amides is 1. The van der Waals surface area contributed by atoms with E-state index < -0.39 is 24.1 Å². The van der Waals surface area contributed by atoms with E-state index in [0.29, 0.717) is 53.8 Å². The first kappa shape index (κ1) is 29.1. The van der Waals surface area contributed by atoms with Gasteiger partial charge in [-0.1, -0.05) is 0 Å². The second kappa shape index (κ2) is 11.8. The van der Waals surface area contributed by atoms with E-state index in [1.165, 1.54) is 43.2 Å². The molecule has 0 saturated heterocycles. The fourth-order valence-corrected chi connectivity index (χ4v) is 5.16. The molecule has 0 spiro atoms. The summed E-state index contributed by atoms with van der Waals surface area (Å²) in [6, 6.07) is 10.2. The molecule has 4 heterocycles. The molecule has 13 heteroatoms. The highest BCUT2D eigenvalue weighted by Gasteiger charge is 2.29. The first-order valence-corrected chi connectivity index (χ1v) is 13.7. The molecule has 1 aliphatic rings. The van der Waals surface area contributed by atoms with Crippen LogP contribution < -0.4 is 10.6 Å². The lowest BCUT2D eigenvalue weighted by molar-refractivity contribution is -0.00177. The summed E-state index contributed by atoms with van der Waals surface area (Å²) in [5.74, 6) is -0.563. The minimum absolute atomic E-state index is 0.0701. The molecule has 1 fully saturated rings. The highest BCUT2D eigenvalue weighted by Crippen LogP contribution is 2.34. The van der Waals surface area contributed by atoms with Crippen LogP contribution >= 0.6 is 0 Å². The van der Waals surface area contributed by atoms with Crippen LogP contribution in [0.4, 0.5) is 18.9 Å². The third kappa shape index (κ3) is 6.08. The molecule has 1 aliphatic carbocycles. The zero-order chi connectivity index (χ0) is 30.0. The molecule has 0 radical (unpaired) electrons. The number of rotatable bonds is 9. The van der Waals surface area contributed by atoms with Gasteiger partial charge in [0.15, 0.2) is 0 Å². The summed E-state index contributed by atoms with van der Waals surface area (Å²) >= 11 is 0. The number of hydrogen-bond donors (Lipinski definition) is 3. The molecule has 0 bridgehead atoms. The molecule has 4 aromatic rings. The molecule has 0 aliphatic heterocycles. The lowest BCUT2D eigenvalue weighted by Crippen LogP contribution is -2.42. The highest BCUT2D eigenvalue weighted by molar-refractivity contribution is 6.00. The van der Waals surface area contributed by atoms with Crippen molar-refractivity contribution in [3.63, 3.8) is 0 Å². The zero-order valence-electron chi connectivity index (χ0n) is 23.1. The zero-order valence-corrected chi connectivity index (χ0v) is 23.1. The van der Waals surface area contributed by atoms with Crippen molar-refractivity contribution in [2.75, 3.05) is 11.9 Å².